The van der Waals surface area contributed by atoms with Crippen molar-refractivity contribution in [1.82, 2.24) is 0 Å². The van der Waals surface area contributed by atoms with E-state index in [4.69, 9.17) is 5.11 Å². The molecular formula is C3H7OY-. The Balaban J connectivity index is 0. The average molecular weight is 148 g/mol. The molecule has 29 valence electrons. The smallest absolute Gasteiger partial charge is 0.0159 e. The minimum atomic E-state index is 0. The molecule has 0 fully saturated rings. The summed E-state index contributed by atoms with van der Waals surface area (Å²) in [5, 5.41) is 7.81. The van der Waals surface area contributed by atoms with Crippen molar-refractivity contribution in [2.24, 2.45) is 0 Å². The molecule has 0 saturated heterocycles. The maximum Gasteiger partial charge on any atom is 0.0159 e. The van der Waals surface area contributed by atoms with Crippen molar-refractivity contribution in [1.29, 1.82) is 0 Å². The summed E-state index contributed by atoms with van der Waals surface area (Å²) in [6.07, 6.45) is 0.625. The van der Waals surface area contributed by atoms with Crippen molar-refractivity contribution in [3.63, 3.8) is 0 Å². The average Bonchev–Trinajstić information content (AvgIpc) is 1.37. The second kappa shape index (κ2) is 8.91. The Morgan fingerprint density at radius 3 is 1.80 bits per heavy atom. The molecular weight excluding hydrogens is 141 g/mol. The molecule has 2 heteroatoms. The molecule has 0 unspecified atom stereocenters. The van der Waals surface area contributed by atoms with Crippen LogP contribution in [0.25, 0.3) is 0 Å². The summed E-state index contributed by atoms with van der Waals surface area (Å²) in [7, 11) is 0. The molecule has 1 radical (unpaired) electrons. The summed E-state index contributed by atoms with van der Waals surface area (Å²) in [5.41, 5.74) is 0. The summed E-state index contributed by atoms with van der Waals surface area (Å²) < 4.78 is 0. The zero-order valence-electron chi connectivity index (χ0n) is 3.15. The Bertz CT molecular complexity index is 8.85. The third kappa shape index (κ3) is 11.2. The van der Waals surface area contributed by atoms with Crippen LogP contribution in [-0.2, 0) is 32.7 Å². The third-order valence-corrected chi connectivity index (χ3v) is 0.158. The van der Waals surface area contributed by atoms with Crippen LogP contribution in [0.5, 0.6) is 0 Å². The molecule has 0 aromatic carbocycles. The Morgan fingerprint density at radius 1 is 1.60 bits per heavy atom. The first-order chi connectivity index (χ1) is 1.91. The minimum absolute atomic E-state index is 0. The van der Waals surface area contributed by atoms with Crippen LogP contribution in [0.2, 0.25) is 0 Å². The van der Waals surface area contributed by atoms with Gasteiger partial charge < -0.3 is 12.0 Å². The maximum absolute atomic E-state index is 7.81. The number of aliphatic hydroxyl groups is 1. The van der Waals surface area contributed by atoms with Gasteiger partial charge in [0.2, 0.25) is 0 Å². The van der Waals surface area contributed by atoms with Gasteiger partial charge in [-0.25, -0.2) is 0 Å². The molecule has 0 aromatic heterocycles. The minimum Gasteiger partial charge on any atom is -0.399 e. The quantitative estimate of drug-likeness (QED) is 0.526. The second-order valence-electron chi connectivity index (χ2n) is 0.577. The second-order valence-corrected chi connectivity index (χ2v) is 0.577. The third-order valence-electron chi connectivity index (χ3n) is 0.158. The Kier molecular flexibility index (Phi) is 16.8. The van der Waals surface area contributed by atoms with Crippen molar-refractivity contribution < 1.29 is 37.8 Å². The van der Waals surface area contributed by atoms with Crippen molar-refractivity contribution in [3.05, 3.63) is 6.92 Å². The van der Waals surface area contributed by atoms with Crippen LogP contribution in [0, 0.1) is 6.92 Å². The van der Waals surface area contributed by atoms with Crippen LogP contribution in [0.4, 0.5) is 0 Å². The number of hydrogen-bond donors (Lipinski definition) is 1. The molecule has 5 heavy (non-hydrogen) atoms. The van der Waals surface area contributed by atoms with E-state index in [0.717, 1.165) is 0 Å². The van der Waals surface area contributed by atoms with E-state index in [1.54, 1.807) is 0 Å². The Labute approximate surface area is 57.6 Å². The van der Waals surface area contributed by atoms with Crippen molar-refractivity contribution >= 4 is 0 Å². The van der Waals surface area contributed by atoms with Gasteiger partial charge in [-0.2, -0.15) is 6.42 Å². The van der Waals surface area contributed by atoms with Crippen molar-refractivity contribution in [2.45, 2.75) is 6.42 Å². The molecule has 0 spiro atoms. The van der Waals surface area contributed by atoms with Crippen molar-refractivity contribution in [2.75, 3.05) is 6.61 Å². The van der Waals surface area contributed by atoms with Gasteiger partial charge in [0.1, 0.15) is 0 Å². The maximum atomic E-state index is 7.81. The van der Waals surface area contributed by atoms with Gasteiger partial charge in [0.25, 0.3) is 0 Å². The van der Waals surface area contributed by atoms with E-state index < -0.39 is 0 Å². The van der Waals surface area contributed by atoms with Crippen LogP contribution in [0.1, 0.15) is 6.42 Å². The van der Waals surface area contributed by atoms with E-state index >= 15 is 0 Å². The largest absolute Gasteiger partial charge is 0.399 e. The van der Waals surface area contributed by atoms with Gasteiger partial charge in [0.15, 0.2) is 0 Å². The molecule has 0 heterocycles. The molecule has 0 aliphatic carbocycles. The predicted octanol–water partition coefficient (Wildman–Crippen LogP) is 0.200. The summed E-state index contributed by atoms with van der Waals surface area (Å²) in [5.74, 6) is 0. The van der Waals surface area contributed by atoms with Gasteiger partial charge in [-0.1, -0.05) is 0 Å². The molecule has 1 nitrogen and oxygen atoms in total. The molecule has 0 rings (SSSR count). The molecule has 0 bridgehead atoms. The summed E-state index contributed by atoms with van der Waals surface area (Å²) in [6, 6.07) is 0. The van der Waals surface area contributed by atoms with Crippen LogP contribution < -0.4 is 0 Å². The first-order valence-electron chi connectivity index (χ1n) is 1.32. The molecule has 0 aliphatic rings. The fourth-order valence-corrected chi connectivity index (χ4v) is 0. The first-order valence-corrected chi connectivity index (χ1v) is 1.32. The van der Waals surface area contributed by atoms with Crippen molar-refractivity contribution in [3.8, 4) is 0 Å². The number of hydrogen-bond acceptors (Lipinski definition) is 1. The van der Waals surface area contributed by atoms with Gasteiger partial charge in [-0.05, 0) is 0 Å². The van der Waals surface area contributed by atoms with E-state index in [9.17, 15) is 0 Å². The van der Waals surface area contributed by atoms with E-state index in [-0.39, 0.29) is 39.3 Å². The molecule has 0 atom stereocenters. The van der Waals surface area contributed by atoms with E-state index in [0.29, 0.717) is 6.42 Å². The zero-order chi connectivity index (χ0) is 3.41. The number of rotatable bonds is 1. The molecule has 1 N–H and O–H groups in total. The summed E-state index contributed by atoms with van der Waals surface area (Å²) in [6.45, 7) is 3.56. The number of aliphatic hydroxyl groups excluding tert-OH is 1. The summed E-state index contributed by atoms with van der Waals surface area (Å²) >= 11 is 0. The summed E-state index contributed by atoms with van der Waals surface area (Å²) in [4.78, 5) is 0. The fraction of sp³-hybridized carbons (Fsp3) is 0.667. The molecule has 0 saturated carbocycles. The monoisotopic (exact) mass is 148 g/mol. The zero-order valence-corrected chi connectivity index (χ0v) is 5.98. The van der Waals surface area contributed by atoms with Gasteiger partial charge >= 0.3 is 0 Å². The van der Waals surface area contributed by atoms with Crippen LogP contribution in [0.15, 0.2) is 0 Å². The topological polar surface area (TPSA) is 20.2 Å². The Hall–Kier alpha value is 1.06. The standard InChI is InChI=1S/C3H7O.Y/c1-2-3-4;/h4H,1-3H2;/q-1;. The van der Waals surface area contributed by atoms with Crippen LogP contribution >= 0.6 is 0 Å². The van der Waals surface area contributed by atoms with Crippen LogP contribution in [0.3, 0.4) is 0 Å². The van der Waals surface area contributed by atoms with Gasteiger partial charge in [0.05, 0.1) is 0 Å². The fourth-order valence-electron chi connectivity index (χ4n) is 0. The molecule has 0 aromatic rings. The first kappa shape index (κ1) is 9.42. The van der Waals surface area contributed by atoms with E-state index in [1.807, 2.05) is 0 Å². The van der Waals surface area contributed by atoms with E-state index in [2.05, 4.69) is 6.92 Å². The Morgan fingerprint density at radius 2 is 1.80 bits per heavy atom. The van der Waals surface area contributed by atoms with Gasteiger partial charge in [-0.15, -0.1) is 0 Å². The van der Waals surface area contributed by atoms with Gasteiger partial charge in [-0.3, -0.25) is 0 Å². The van der Waals surface area contributed by atoms with E-state index in [1.165, 1.54) is 0 Å². The van der Waals surface area contributed by atoms with Crippen LogP contribution in [-0.4, -0.2) is 11.7 Å². The van der Waals surface area contributed by atoms with Gasteiger partial charge in [0, 0.05) is 39.3 Å². The molecule has 0 amide bonds. The SMILES string of the molecule is [CH2-]CCO.[Y]. The molecule has 0 aliphatic heterocycles. The predicted molar refractivity (Wildman–Crippen MR) is 17.1 cm³/mol. The normalized spacial score (nSPS) is 6.00.